The number of nitrogens with one attached hydrogen (secondary N) is 1. The SMILES string of the molecule is CC(CO)NC(=O)C(N)CC(N)=O. The summed E-state index contributed by atoms with van der Waals surface area (Å²) in [5.74, 6) is -1.11. The highest BCUT2D eigenvalue weighted by atomic mass is 16.3. The predicted octanol–water partition coefficient (Wildman–Crippen LogP) is -2.31. The Morgan fingerprint density at radius 2 is 2.08 bits per heavy atom. The fraction of sp³-hybridized carbons (Fsp3) is 0.714. The molecule has 0 aliphatic heterocycles. The van der Waals surface area contributed by atoms with Gasteiger partial charge in [-0.05, 0) is 6.92 Å². The molecule has 13 heavy (non-hydrogen) atoms. The summed E-state index contributed by atoms with van der Waals surface area (Å²) in [6.45, 7) is 1.45. The van der Waals surface area contributed by atoms with E-state index in [1.807, 2.05) is 0 Å². The van der Waals surface area contributed by atoms with E-state index in [1.54, 1.807) is 6.92 Å². The van der Waals surface area contributed by atoms with Crippen LogP contribution in [-0.4, -0.2) is 35.6 Å². The van der Waals surface area contributed by atoms with Gasteiger partial charge in [0.05, 0.1) is 19.1 Å². The third-order valence-electron chi connectivity index (χ3n) is 1.42. The number of hydrogen-bond acceptors (Lipinski definition) is 4. The van der Waals surface area contributed by atoms with Gasteiger partial charge < -0.3 is 21.9 Å². The van der Waals surface area contributed by atoms with E-state index in [0.717, 1.165) is 0 Å². The van der Waals surface area contributed by atoms with Crippen LogP contribution in [0.25, 0.3) is 0 Å². The van der Waals surface area contributed by atoms with Gasteiger partial charge in [0, 0.05) is 6.04 Å². The molecule has 0 rings (SSSR count). The molecule has 0 saturated carbocycles. The van der Waals surface area contributed by atoms with Gasteiger partial charge in [-0.1, -0.05) is 0 Å². The zero-order valence-electron chi connectivity index (χ0n) is 7.49. The van der Waals surface area contributed by atoms with Crippen LogP contribution in [0.1, 0.15) is 13.3 Å². The minimum absolute atomic E-state index is 0.172. The Labute approximate surface area is 76.3 Å². The molecule has 0 spiro atoms. The summed E-state index contributed by atoms with van der Waals surface area (Å²) in [5, 5.41) is 11.0. The number of carbonyl (C=O) groups is 2. The first-order valence-corrected chi connectivity index (χ1v) is 3.92. The van der Waals surface area contributed by atoms with Gasteiger partial charge in [0.1, 0.15) is 0 Å². The third-order valence-corrected chi connectivity index (χ3v) is 1.42. The van der Waals surface area contributed by atoms with Crippen LogP contribution in [0, 0.1) is 0 Å². The molecule has 6 N–H and O–H groups in total. The number of rotatable bonds is 5. The number of carbonyl (C=O) groups excluding carboxylic acids is 2. The molecule has 2 atom stereocenters. The van der Waals surface area contributed by atoms with E-state index in [-0.39, 0.29) is 19.1 Å². The fourth-order valence-electron chi connectivity index (χ4n) is 0.705. The van der Waals surface area contributed by atoms with Crippen LogP contribution in [0.2, 0.25) is 0 Å². The van der Waals surface area contributed by atoms with Gasteiger partial charge in [0.25, 0.3) is 0 Å². The highest BCUT2D eigenvalue weighted by Crippen LogP contribution is 1.88. The van der Waals surface area contributed by atoms with Crippen LogP contribution in [0.5, 0.6) is 0 Å². The van der Waals surface area contributed by atoms with E-state index >= 15 is 0 Å². The van der Waals surface area contributed by atoms with Gasteiger partial charge in [-0.15, -0.1) is 0 Å². The summed E-state index contributed by atoms with van der Waals surface area (Å²) < 4.78 is 0. The molecule has 0 aromatic carbocycles. The first-order chi connectivity index (χ1) is 5.97. The van der Waals surface area contributed by atoms with Gasteiger partial charge in [-0.25, -0.2) is 0 Å². The second-order valence-corrected chi connectivity index (χ2v) is 2.87. The summed E-state index contributed by atoms with van der Waals surface area (Å²) in [5.41, 5.74) is 10.2. The first-order valence-electron chi connectivity index (χ1n) is 3.92. The second-order valence-electron chi connectivity index (χ2n) is 2.87. The average molecular weight is 189 g/mol. The lowest BCUT2D eigenvalue weighted by molar-refractivity contribution is -0.126. The second kappa shape index (κ2) is 5.50. The lowest BCUT2D eigenvalue weighted by Gasteiger charge is -2.14. The molecule has 0 heterocycles. The molecule has 0 aliphatic carbocycles. The topological polar surface area (TPSA) is 118 Å². The van der Waals surface area contributed by atoms with E-state index in [9.17, 15) is 9.59 Å². The quantitative estimate of drug-likeness (QED) is 0.388. The number of nitrogens with two attached hydrogens (primary N) is 2. The predicted molar refractivity (Wildman–Crippen MR) is 46.5 cm³/mol. The van der Waals surface area contributed by atoms with Crippen LogP contribution in [-0.2, 0) is 9.59 Å². The summed E-state index contributed by atoms with van der Waals surface area (Å²) in [4.78, 5) is 21.5. The molecular formula is C7H15N3O3. The van der Waals surface area contributed by atoms with Crippen molar-refractivity contribution in [1.82, 2.24) is 5.32 Å². The number of hydrogen-bond donors (Lipinski definition) is 4. The molecule has 0 radical (unpaired) electrons. The molecule has 6 nitrogen and oxygen atoms in total. The Balaban J connectivity index is 3.89. The summed E-state index contributed by atoms with van der Waals surface area (Å²) in [6, 6.07) is -1.31. The lowest BCUT2D eigenvalue weighted by atomic mass is 10.2. The molecule has 0 aliphatic rings. The van der Waals surface area contributed by atoms with Crippen LogP contribution in [0.3, 0.4) is 0 Å². The maximum Gasteiger partial charge on any atom is 0.237 e. The van der Waals surface area contributed by atoms with Crippen molar-refractivity contribution in [2.75, 3.05) is 6.61 Å². The average Bonchev–Trinajstić information content (AvgIpc) is 2.02. The van der Waals surface area contributed by atoms with Gasteiger partial charge in [0.15, 0.2) is 0 Å². The zero-order valence-corrected chi connectivity index (χ0v) is 7.49. The molecular weight excluding hydrogens is 174 g/mol. The van der Waals surface area contributed by atoms with Gasteiger partial charge >= 0.3 is 0 Å². The van der Waals surface area contributed by atoms with E-state index in [4.69, 9.17) is 16.6 Å². The molecule has 0 saturated heterocycles. The summed E-state index contributed by atoms with van der Waals surface area (Å²) in [7, 11) is 0. The van der Waals surface area contributed by atoms with Crippen molar-refractivity contribution in [2.45, 2.75) is 25.4 Å². The smallest absolute Gasteiger partial charge is 0.237 e. The Bertz CT molecular complexity index is 195. The number of primary amides is 1. The molecule has 2 unspecified atom stereocenters. The number of amides is 2. The van der Waals surface area contributed by atoms with E-state index < -0.39 is 17.9 Å². The van der Waals surface area contributed by atoms with Crippen molar-refractivity contribution < 1.29 is 14.7 Å². The minimum atomic E-state index is -0.938. The molecule has 2 amide bonds. The Kier molecular flexibility index (Phi) is 5.01. The van der Waals surface area contributed by atoms with Crippen molar-refractivity contribution in [2.24, 2.45) is 11.5 Å². The Morgan fingerprint density at radius 3 is 2.46 bits per heavy atom. The van der Waals surface area contributed by atoms with Crippen molar-refractivity contribution in [3.05, 3.63) is 0 Å². The normalized spacial score (nSPS) is 14.7. The van der Waals surface area contributed by atoms with Gasteiger partial charge in [0.2, 0.25) is 11.8 Å². The van der Waals surface area contributed by atoms with E-state index in [1.165, 1.54) is 0 Å². The summed E-state index contributed by atoms with van der Waals surface area (Å²) in [6.07, 6.45) is -0.190. The fourth-order valence-corrected chi connectivity index (χ4v) is 0.705. The van der Waals surface area contributed by atoms with Crippen molar-refractivity contribution in [3.8, 4) is 0 Å². The maximum atomic E-state index is 11.1. The van der Waals surface area contributed by atoms with E-state index in [0.29, 0.717) is 0 Å². The highest BCUT2D eigenvalue weighted by molar-refractivity contribution is 5.87. The lowest BCUT2D eigenvalue weighted by Crippen LogP contribution is -2.47. The van der Waals surface area contributed by atoms with Crippen LogP contribution in [0.15, 0.2) is 0 Å². The van der Waals surface area contributed by atoms with Crippen molar-refractivity contribution in [3.63, 3.8) is 0 Å². The van der Waals surface area contributed by atoms with Crippen molar-refractivity contribution in [1.29, 1.82) is 0 Å². The third kappa shape index (κ3) is 5.15. The van der Waals surface area contributed by atoms with Crippen molar-refractivity contribution >= 4 is 11.8 Å². The first kappa shape index (κ1) is 11.9. The minimum Gasteiger partial charge on any atom is -0.394 e. The van der Waals surface area contributed by atoms with Crippen LogP contribution in [0.4, 0.5) is 0 Å². The monoisotopic (exact) mass is 189 g/mol. The van der Waals surface area contributed by atoms with Gasteiger partial charge in [-0.2, -0.15) is 0 Å². The molecule has 76 valence electrons. The number of aliphatic hydroxyl groups is 1. The Hall–Kier alpha value is -1.14. The molecule has 0 aromatic rings. The molecule has 0 bridgehead atoms. The Morgan fingerprint density at radius 1 is 1.54 bits per heavy atom. The highest BCUT2D eigenvalue weighted by Gasteiger charge is 2.16. The largest absolute Gasteiger partial charge is 0.394 e. The molecule has 0 aromatic heterocycles. The molecule has 6 heteroatoms. The standard InChI is InChI=1S/C7H15N3O3/c1-4(3-11)10-7(13)5(8)2-6(9)12/h4-5,11H,2-3,8H2,1H3,(H2,9,12)(H,10,13). The van der Waals surface area contributed by atoms with Crippen LogP contribution < -0.4 is 16.8 Å². The van der Waals surface area contributed by atoms with E-state index in [2.05, 4.69) is 5.32 Å². The molecule has 0 fully saturated rings. The zero-order chi connectivity index (χ0) is 10.4. The van der Waals surface area contributed by atoms with Crippen LogP contribution >= 0.6 is 0 Å². The number of aliphatic hydroxyl groups excluding tert-OH is 1. The maximum absolute atomic E-state index is 11.1. The summed E-state index contributed by atoms with van der Waals surface area (Å²) >= 11 is 0. The van der Waals surface area contributed by atoms with Gasteiger partial charge in [-0.3, -0.25) is 9.59 Å².